The average molecular weight is 348 g/mol. The van der Waals surface area contributed by atoms with Crippen LogP contribution < -0.4 is 0 Å². The number of aliphatic hydroxyl groups is 2. The van der Waals surface area contributed by atoms with Gasteiger partial charge in [-0.2, -0.15) is 0 Å². The van der Waals surface area contributed by atoms with Gasteiger partial charge in [-0.05, 0) is 68.6 Å². The molecule has 4 bridgehead atoms. The third-order valence-electron chi connectivity index (χ3n) is 9.64. The standard InChI is InChI=1S/C21H32O4/c1-12(22)14-6-7-15-16-5-4-13-10-20(24)9-8-19(13,3)21(16,25-20)17(23)11-18(14,15)2/h13-17,23-24H,4-11H2,1-3H3/t13?,14?,15-,16-,17+,18+,19-,20?,21+/m0/s1. The van der Waals surface area contributed by atoms with Gasteiger partial charge in [-0.25, -0.2) is 0 Å². The monoisotopic (exact) mass is 348 g/mol. The van der Waals surface area contributed by atoms with Crippen LogP contribution in [0.2, 0.25) is 0 Å². The maximum Gasteiger partial charge on any atom is 0.166 e. The number of ether oxygens (including phenoxy) is 1. The van der Waals surface area contributed by atoms with Gasteiger partial charge in [0.2, 0.25) is 0 Å². The van der Waals surface area contributed by atoms with Crippen molar-refractivity contribution in [3.8, 4) is 0 Å². The van der Waals surface area contributed by atoms with Crippen LogP contribution in [0.3, 0.4) is 0 Å². The van der Waals surface area contributed by atoms with Crippen molar-refractivity contribution in [2.75, 3.05) is 0 Å². The van der Waals surface area contributed by atoms with Gasteiger partial charge in [0, 0.05) is 24.2 Å². The van der Waals surface area contributed by atoms with Gasteiger partial charge in [-0.15, -0.1) is 0 Å². The van der Waals surface area contributed by atoms with E-state index in [0.29, 0.717) is 24.7 Å². The third-order valence-corrected chi connectivity index (χ3v) is 9.64. The lowest BCUT2D eigenvalue weighted by Crippen LogP contribution is -2.78. The second-order valence-electron chi connectivity index (χ2n) is 10.4. The smallest absolute Gasteiger partial charge is 0.166 e. The largest absolute Gasteiger partial charge is 0.390 e. The first-order valence-corrected chi connectivity index (χ1v) is 10.3. The SMILES string of the molecule is CC(=O)C1CC[C@H]2[C@@H]3CCC4CC5(O)CC[C@]4(C)[C@]3(O5)[C@H](O)C[C@]12C. The van der Waals surface area contributed by atoms with Crippen LogP contribution in [0.1, 0.15) is 72.1 Å². The zero-order valence-electron chi connectivity index (χ0n) is 15.8. The maximum absolute atomic E-state index is 12.3. The van der Waals surface area contributed by atoms with Gasteiger partial charge in [0.1, 0.15) is 11.4 Å². The van der Waals surface area contributed by atoms with E-state index < -0.39 is 17.5 Å². The maximum atomic E-state index is 12.3. The Bertz CT molecular complexity index is 633. The van der Waals surface area contributed by atoms with E-state index in [1.165, 1.54) is 0 Å². The van der Waals surface area contributed by atoms with Gasteiger partial charge in [-0.3, -0.25) is 4.79 Å². The molecule has 0 aromatic rings. The summed E-state index contributed by atoms with van der Waals surface area (Å²) in [5, 5.41) is 22.5. The van der Waals surface area contributed by atoms with E-state index in [4.69, 9.17) is 4.74 Å². The lowest BCUT2D eigenvalue weighted by molar-refractivity contribution is -0.436. The Morgan fingerprint density at radius 3 is 2.48 bits per heavy atom. The van der Waals surface area contributed by atoms with Crippen molar-refractivity contribution in [3.63, 3.8) is 0 Å². The second kappa shape index (κ2) is 4.69. The van der Waals surface area contributed by atoms with Gasteiger partial charge in [-0.1, -0.05) is 13.8 Å². The molecule has 2 saturated heterocycles. The molecule has 140 valence electrons. The highest BCUT2D eigenvalue weighted by molar-refractivity contribution is 5.79. The number of hydrogen-bond donors (Lipinski definition) is 2. The molecular weight excluding hydrogens is 316 g/mol. The molecule has 0 aromatic heterocycles. The van der Waals surface area contributed by atoms with Crippen molar-refractivity contribution >= 4 is 5.78 Å². The van der Waals surface area contributed by atoms with Crippen molar-refractivity contribution in [1.29, 1.82) is 0 Å². The Morgan fingerprint density at radius 2 is 1.76 bits per heavy atom. The van der Waals surface area contributed by atoms with Crippen LogP contribution >= 0.6 is 0 Å². The molecule has 4 nitrogen and oxygen atoms in total. The van der Waals surface area contributed by atoms with E-state index in [1.807, 2.05) is 0 Å². The highest BCUT2D eigenvalue weighted by atomic mass is 16.7. The van der Waals surface area contributed by atoms with Crippen LogP contribution in [0.5, 0.6) is 0 Å². The molecule has 3 unspecified atom stereocenters. The number of Topliss-reactive ketones (excluding diaryl/α,β-unsaturated/α-hetero) is 1. The van der Waals surface area contributed by atoms with E-state index in [1.54, 1.807) is 6.92 Å². The van der Waals surface area contributed by atoms with Crippen LogP contribution in [-0.4, -0.2) is 33.5 Å². The molecule has 2 heterocycles. The summed E-state index contributed by atoms with van der Waals surface area (Å²) in [6, 6.07) is 0. The highest BCUT2D eigenvalue weighted by Crippen LogP contribution is 2.74. The summed E-state index contributed by atoms with van der Waals surface area (Å²) in [6.45, 7) is 6.26. The summed E-state index contributed by atoms with van der Waals surface area (Å²) < 4.78 is 6.52. The van der Waals surface area contributed by atoms with Crippen molar-refractivity contribution in [3.05, 3.63) is 0 Å². The van der Waals surface area contributed by atoms with Crippen molar-refractivity contribution < 1.29 is 19.7 Å². The highest BCUT2D eigenvalue weighted by Gasteiger charge is 2.76. The molecule has 2 aliphatic heterocycles. The molecule has 6 rings (SSSR count). The van der Waals surface area contributed by atoms with Gasteiger partial charge in [0.15, 0.2) is 5.79 Å². The van der Waals surface area contributed by atoms with E-state index >= 15 is 0 Å². The van der Waals surface area contributed by atoms with Crippen molar-refractivity contribution in [2.24, 2.45) is 34.5 Å². The lowest BCUT2D eigenvalue weighted by atomic mass is 9.39. The average Bonchev–Trinajstić information content (AvgIpc) is 2.85. The first-order chi connectivity index (χ1) is 11.7. The van der Waals surface area contributed by atoms with Crippen LogP contribution in [0.25, 0.3) is 0 Å². The molecule has 1 spiro atoms. The molecule has 4 heteroatoms. The number of aliphatic hydroxyl groups excluding tert-OH is 1. The molecule has 2 N–H and O–H groups in total. The zero-order chi connectivity index (χ0) is 17.8. The summed E-state index contributed by atoms with van der Waals surface area (Å²) in [4.78, 5) is 12.3. The van der Waals surface area contributed by atoms with Crippen LogP contribution in [-0.2, 0) is 9.53 Å². The number of carbonyl (C=O) groups excluding carboxylic acids is 1. The first-order valence-electron chi connectivity index (χ1n) is 10.3. The Hall–Kier alpha value is -0.450. The fourth-order valence-electron chi connectivity index (χ4n) is 8.57. The van der Waals surface area contributed by atoms with Crippen LogP contribution in [0, 0.1) is 34.5 Å². The third kappa shape index (κ3) is 1.73. The van der Waals surface area contributed by atoms with Gasteiger partial charge < -0.3 is 14.9 Å². The second-order valence-corrected chi connectivity index (χ2v) is 10.4. The summed E-state index contributed by atoms with van der Waals surface area (Å²) in [5.41, 5.74) is -0.778. The summed E-state index contributed by atoms with van der Waals surface area (Å²) >= 11 is 0. The number of ketones is 1. The molecule has 6 aliphatic rings. The molecule has 6 fully saturated rings. The number of rotatable bonds is 1. The predicted molar refractivity (Wildman–Crippen MR) is 92.6 cm³/mol. The van der Waals surface area contributed by atoms with Gasteiger partial charge >= 0.3 is 0 Å². The van der Waals surface area contributed by atoms with E-state index in [2.05, 4.69) is 13.8 Å². The van der Waals surface area contributed by atoms with E-state index in [0.717, 1.165) is 38.5 Å². The van der Waals surface area contributed by atoms with Gasteiger partial charge in [0.25, 0.3) is 0 Å². The number of hydrogen-bond acceptors (Lipinski definition) is 4. The number of fused-ring (bicyclic) bond motifs is 3. The Kier molecular flexibility index (Phi) is 3.13. The minimum atomic E-state index is -1.05. The van der Waals surface area contributed by atoms with Gasteiger partial charge in [0.05, 0.1) is 6.10 Å². The zero-order valence-corrected chi connectivity index (χ0v) is 15.8. The van der Waals surface area contributed by atoms with Crippen molar-refractivity contribution in [2.45, 2.75) is 89.6 Å². The molecule has 4 aliphatic carbocycles. The molecule has 0 amide bonds. The number of carbonyl (C=O) groups is 1. The lowest BCUT2D eigenvalue weighted by Gasteiger charge is -2.74. The van der Waals surface area contributed by atoms with Crippen LogP contribution in [0.15, 0.2) is 0 Å². The fourth-order valence-corrected chi connectivity index (χ4v) is 8.57. The summed E-state index contributed by atoms with van der Waals surface area (Å²) in [6.07, 6.45) is 6.61. The Labute approximate surface area is 150 Å². The molecule has 0 radical (unpaired) electrons. The molecule has 4 saturated carbocycles. The van der Waals surface area contributed by atoms with Crippen LogP contribution in [0.4, 0.5) is 0 Å². The van der Waals surface area contributed by atoms with E-state index in [9.17, 15) is 15.0 Å². The first kappa shape index (κ1) is 16.7. The fraction of sp³-hybridized carbons (Fsp3) is 0.952. The normalized spacial score (nSPS) is 62.4. The molecule has 25 heavy (non-hydrogen) atoms. The quantitative estimate of drug-likeness (QED) is 0.764. The summed E-state index contributed by atoms with van der Waals surface area (Å²) in [5.74, 6) is 0.426. The summed E-state index contributed by atoms with van der Waals surface area (Å²) in [7, 11) is 0. The minimum absolute atomic E-state index is 0.0462. The minimum Gasteiger partial charge on any atom is -0.390 e. The Balaban J connectivity index is 1.63. The predicted octanol–water partition coefficient (Wildman–Crippen LogP) is 3.05. The van der Waals surface area contributed by atoms with Crippen molar-refractivity contribution in [1.82, 2.24) is 0 Å². The molecular formula is C21H32O4. The van der Waals surface area contributed by atoms with E-state index in [-0.39, 0.29) is 28.4 Å². The molecule has 9 atom stereocenters. The molecule has 0 aromatic carbocycles. The Morgan fingerprint density at radius 1 is 1.04 bits per heavy atom. The topological polar surface area (TPSA) is 66.8 Å².